The summed E-state index contributed by atoms with van der Waals surface area (Å²) in [5.74, 6) is -0.367. The molecule has 0 aliphatic carbocycles. The van der Waals surface area contributed by atoms with Gasteiger partial charge in [-0.05, 0) is 17.7 Å². The predicted molar refractivity (Wildman–Crippen MR) is 60.0 cm³/mol. The van der Waals surface area contributed by atoms with Crippen molar-refractivity contribution in [2.45, 2.75) is 12.5 Å². The van der Waals surface area contributed by atoms with Gasteiger partial charge in [0.1, 0.15) is 0 Å². The first-order valence-corrected chi connectivity index (χ1v) is 5.07. The van der Waals surface area contributed by atoms with Gasteiger partial charge >= 0.3 is 5.97 Å². The van der Waals surface area contributed by atoms with Crippen LogP contribution in [0, 0.1) is 0 Å². The van der Waals surface area contributed by atoms with Crippen LogP contribution in [0.5, 0.6) is 0 Å². The summed E-state index contributed by atoms with van der Waals surface area (Å²) < 4.78 is 4.52. The van der Waals surface area contributed by atoms with Gasteiger partial charge in [-0.2, -0.15) is 0 Å². The summed E-state index contributed by atoms with van der Waals surface area (Å²) in [6, 6.07) is 4.51. The molecule has 1 aromatic rings. The number of ether oxygens (including phenoxy) is 1. The lowest BCUT2D eigenvalue weighted by atomic mass is 10.1. The summed E-state index contributed by atoms with van der Waals surface area (Å²) in [5, 5.41) is 0.993. The van der Waals surface area contributed by atoms with E-state index in [4.69, 9.17) is 28.9 Å². The van der Waals surface area contributed by atoms with Gasteiger partial charge in [0.15, 0.2) is 0 Å². The van der Waals surface area contributed by atoms with E-state index in [1.807, 2.05) is 0 Å². The average molecular weight is 248 g/mol. The number of esters is 1. The molecular formula is C10H11Cl2NO2. The maximum Gasteiger partial charge on any atom is 0.307 e. The Morgan fingerprint density at radius 3 is 2.73 bits per heavy atom. The molecule has 0 radical (unpaired) electrons. The Balaban J connectivity index is 2.82. The molecule has 0 spiro atoms. The molecular weight excluding hydrogens is 237 g/mol. The van der Waals surface area contributed by atoms with E-state index in [0.29, 0.717) is 15.6 Å². The molecule has 1 rings (SSSR count). The number of nitrogens with two attached hydrogens (primary N) is 1. The highest BCUT2D eigenvalue weighted by Crippen LogP contribution is 2.26. The van der Waals surface area contributed by atoms with Gasteiger partial charge in [0, 0.05) is 16.1 Å². The molecule has 0 unspecified atom stereocenters. The molecule has 82 valence electrons. The number of carbonyl (C=O) groups is 1. The first kappa shape index (κ1) is 12.3. The number of carbonyl (C=O) groups excluding carboxylic acids is 1. The Bertz CT molecular complexity index is 368. The standard InChI is InChI=1S/C10H11Cl2NO2/c1-15-10(14)5-9(13)7-3-2-6(11)4-8(7)12/h2-4,9H,5,13H2,1H3/t9-/m0/s1. The van der Waals surface area contributed by atoms with Crippen LogP contribution in [0.25, 0.3) is 0 Å². The maximum absolute atomic E-state index is 11.0. The summed E-state index contributed by atoms with van der Waals surface area (Å²) in [6.07, 6.45) is 0.0951. The summed E-state index contributed by atoms with van der Waals surface area (Å²) in [7, 11) is 1.32. The van der Waals surface area contributed by atoms with Gasteiger partial charge in [-0.1, -0.05) is 29.3 Å². The number of benzene rings is 1. The van der Waals surface area contributed by atoms with Crippen molar-refractivity contribution in [2.75, 3.05) is 7.11 Å². The smallest absolute Gasteiger partial charge is 0.307 e. The van der Waals surface area contributed by atoms with Crippen molar-refractivity contribution in [1.82, 2.24) is 0 Å². The Labute approximate surface area is 98.1 Å². The van der Waals surface area contributed by atoms with Crippen molar-refractivity contribution in [1.29, 1.82) is 0 Å². The topological polar surface area (TPSA) is 52.3 Å². The van der Waals surface area contributed by atoms with E-state index in [2.05, 4.69) is 4.74 Å². The lowest BCUT2D eigenvalue weighted by Crippen LogP contribution is -2.16. The van der Waals surface area contributed by atoms with Gasteiger partial charge in [-0.25, -0.2) is 0 Å². The highest BCUT2D eigenvalue weighted by Gasteiger charge is 2.14. The maximum atomic E-state index is 11.0. The Kier molecular flexibility index (Phi) is 4.39. The summed E-state index contributed by atoms with van der Waals surface area (Å²) in [6.45, 7) is 0. The van der Waals surface area contributed by atoms with Gasteiger partial charge in [-0.15, -0.1) is 0 Å². The summed E-state index contributed by atoms with van der Waals surface area (Å²) in [5.41, 5.74) is 6.48. The first-order valence-electron chi connectivity index (χ1n) is 4.32. The second-order valence-electron chi connectivity index (χ2n) is 3.05. The molecule has 0 aliphatic rings. The second-order valence-corrected chi connectivity index (χ2v) is 3.90. The second kappa shape index (κ2) is 5.35. The third-order valence-corrected chi connectivity index (χ3v) is 2.54. The van der Waals surface area contributed by atoms with Crippen molar-refractivity contribution in [3.63, 3.8) is 0 Å². The number of halogens is 2. The third kappa shape index (κ3) is 3.38. The number of rotatable bonds is 3. The fraction of sp³-hybridized carbons (Fsp3) is 0.300. The molecule has 0 fully saturated rings. The zero-order valence-corrected chi connectivity index (χ0v) is 9.68. The molecule has 0 heterocycles. The molecule has 2 N–H and O–H groups in total. The molecule has 1 atom stereocenters. The lowest BCUT2D eigenvalue weighted by molar-refractivity contribution is -0.141. The SMILES string of the molecule is COC(=O)C[C@H](N)c1ccc(Cl)cc1Cl. The zero-order valence-electron chi connectivity index (χ0n) is 8.17. The summed E-state index contributed by atoms with van der Waals surface area (Å²) in [4.78, 5) is 11.0. The molecule has 0 aromatic heterocycles. The van der Waals surface area contributed by atoms with Gasteiger partial charge in [0.05, 0.1) is 13.5 Å². The van der Waals surface area contributed by atoms with Gasteiger partial charge in [-0.3, -0.25) is 4.79 Å². The lowest BCUT2D eigenvalue weighted by Gasteiger charge is -2.12. The van der Waals surface area contributed by atoms with Crippen molar-refractivity contribution in [2.24, 2.45) is 5.73 Å². The van der Waals surface area contributed by atoms with E-state index in [9.17, 15) is 4.79 Å². The highest BCUT2D eigenvalue weighted by molar-refractivity contribution is 6.35. The zero-order chi connectivity index (χ0) is 11.4. The largest absolute Gasteiger partial charge is 0.469 e. The van der Waals surface area contributed by atoms with Crippen molar-refractivity contribution >= 4 is 29.2 Å². The van der Waals surface area contributed by atoms with Gasteiger partial charge < -0.3 is 10.5 Å². The normalized spacial score (nSPS) is 12.3. The van der Waals surface area contributed by atoms with Crippen LogP contribution >= 0.6 is 23.2 Å². The van der Waals surface area contributed by atoms with E-state index in [-0.39, 0.29) is 12.4 Å². The molecule has 5 heteroatoms. The Morgan fingerprint density at radius 2 is 2.20 bits per heavy atom. The van der Waals surface area contributed by atoms with E-state index in [1.165, 1.54) is 7.11 Å². The predicted octanol–water partition coefficient (Wildman–Crippen LogP) is 2.56. The van der Waals surface area contributed by atoms with Crippen molar-refractivity contribution in [3.8, 4) is 0 Å². The van der Waals surface area contributed by atoms with E-state index >= 15 is 0 Å². The van der Waals surface area contributed by atoms with Crippen LogP contribution in [-0.2, 0) is 9.53 Å². The minimum Gasteiger partial charge on any atom is -0.469 e. The first-order chi connectivity index (χ1) is 7.04. The summed E-state index contributed by atoms with van der Waals surface area (Å²) >= 11 is 11.7. The molecule has 0 bridgehead atoms. The Hall–Kier alpha value is -0.770. The molecule has 0 saturated heterocycles. The van der Waals surface area contributed by atoms with E-state index in [0.717, 1.165) is 0 Å². The molecule has 1 aromatic carbocycles. The molecule has 3 nitrogen and oxygen atoms in total. The van der Waals surface area contributed by atoms with Crippen LogP contribution in [0.15, 0.2) is 18.2 Å². The van der Waals surface area contributed by atoms with Crippen LogP contribution in [-0.4, -0.2) is 13.1 Å². The van der Waals surface area contributed by atoms with Crippen LogP contribution in [0.2, 0.25) is 10.0 Å². The van der Waals surface area contributed by atoms with Gasteiger partial charge in [0.2, 0.25) is 0 Å². The van der Waals surface area contributed by atoms with E-state index in [1.54, 1.807) is 18.2 Å². The van der Waals surface area contributed by atoms with Crippen LogP contribution < -0.4 is 5.73 Å². The monoisotopic (exact) mass is 247 g/mol. The van der Waals surface area contributed by atoms with Crippen LogP contribution in [0.4, 0.5) is 0 Å². The Morgan fingerprint density at radius 1 is 1.53 bits per heavy atom. The van der Waals surface area contributed by atoms with E-state index < -0.39 is 6.04 Å². The molecule has 15 heavy (non-hydrogen) atoms. The molecule has 0 aliphatic heterocycles. The highest BCUT2D eigenvalue weighted by atomic mass is 35.5. The molecule has 0 saturated carbocycles. The number of hydrogen-bond donors (Lipinski definition) is 1. The van der Waals surface area contributed by atoms with Gasteiger partial charge in [0.25, 0.3) is 0 Å². The fourth-order valence-corrected chi connectivity index (χ4v) is 1.72. The number of methoxy groups -OCH3 is 1. The molecule has 0 amide bonds. The minimum atomic E-state index is -0.470. The average Bonchev–Trinajstić information content (AvgIpc) is 2.17. The fourth-order valence-electron chi connectivity index (χ4n) is 1.18. The van der Waals surface area contributed by atoms with Crippen molar-refractivity contribution in [3.05, 3.63) is 33.8 Å². The van der Waals surface area contributed by atoms with Crippen molar-refractivity contribution < 1.29 is 9.53 Å². The number of hydrogen-bond acceptors (Lipinski definition) is 3. The van der Waals surface area contributed by atoms with Crippen LogP contribution in [0.3, 0.4) is 0 Å². The third-order valence-electron chi connectivity index (χ3n) is 1.98. The van der Waals surface area contributed by atoms with Crippen LogP contribution in [0.1, 0.15) is 18.0 Å². The quantitative estimate of drug-likeness (QED) is 0.836. The minimum absolute atomic E-state index is 0.0951.